The monoisotopic (exact) mass is 461 g/mol. The number of hydrogen-bond acceptors (Lipinski definition) is 5. The Kier molecular flexibility index (Phi) is 9.34. The number of anilines is 1. The van der Waals surface area contributed by atoms with E-state index in [1.165, 1.54) is 19.3 Å². The van der Waals surface area contributed by atoms with Crippen molar-refractivity contribution in [2.45, 2.75) is 47.0 Å². The van der Waals surface area contributed by atoms with Gasteiger partial charge in [-0.05, 0) is 67.5 Å². The number of unbranched alkanes of at least 4 members (excludes halogenated alkanes) is 1. The molecule has 5 heteroatoms. The fourth-order valence-electron chi connectivity index (χ4n) is 4.02. The summed E-state index contributed by atoms with van der Waals surface area (Å²) in [6.07, 6.45) is 11.6. The zero-order valence-electron chi connectivity index (χ0n) is 21.2. The average molecular weight is 462 g/mol. The second-order valence-electron chi connectivity index (χ2n) is 8.99. The van der Waals surface area contributed by atoms with Crippen LogP contribution >= 0.6 is 0 Å². The van der Waals surface area contributed by atoms with Crippen LogP contribution in [0.15, 0.2) is 75.8 Å². The maximum Gasteiger partial charge on any atom is 0.344 e. The summed E-state index contributed by atoms with van der Waals surface area (Å²) in [5.74, 6) is 0. The standard InChI is InChI=1S/C25H29N3O2.C4H10/c1-4-9-27-10-12-28(13-11-27)22-6-5-20-16-23(25(29)30-24(20)17-22)19(3)15-21-14-18(2)7-8-26-21;1-3-4-2/h5-8,14-17,26H,3-4,9-13H2,1-2H3;3-4H2,1-2H3/b21-15-;. The van der Waals surface area contributed by atoms with Gasteiger partial charge in [-0.15, -0.1) is 0 Å². The van der Waals surface area contributed by atoms with E-state index in [-0.39, 0.29) is 5.63 Å². The number of piperazine rings is 1. The normalized spacial score (nSPS) is 17.2. The second-order valence-corrected chi connectivity index (χ2v) is 8.99. The van der Waals surface area contributed by atoms with E-state index in [1.807, 2.05) is 49.6 Å². The third-order valence-electron chi connectivity index (χ3n) is 6.15. The molecule has 1 fully saturated rings. The van der Waals surface area contributed by atoms with Crippen LogP contribution in [0.2, 0.25) is 0 Å². The van der Waals surface area contributed by atoms with Gasteiger partial charge < -0.3 is 14.6 Å². The fourth-order valence-corrected chi connectivity index (χ4v) is 4.02. The van der Waals surface area contributed by atoms with Crippen molar-refractivity contribution in [2.75, 3.05) is 37.6 Å². The van der Waals surface area contributed by atoms with Crippen molar-refractivity contribution >= 4 is 22.2 Å². The quantitative estimate of drug-likeness (QED) is 0.528. The van der Waals surface area contributed by atoms with Crippen molar-refractivity contribution in [3.8, 4) is 0 Å². The van der Waals surface area contributed by atoms with E-state index in [9.17, 15) is 4.79 Å². The van der Waals surface area contributed by atoms with Gasteiger partial charge in [0, 0.05) is 55.2 Å². The smallest absolute Gasteiger partial charge is 0.344 e. The summed E-state index contributed by atoms with van der Waals surface area (Å²) in [6.45, 7) is 18.0. The average Bonchev–Trinajstić information content (AvgIpc) is 2.84. The molecule has 1 saturated heterocycles. The largest absolute Gasteiger partial charge is 0.422 e. The van der Waals surface area contributed by atoms with Gasteiger partial charge >= 0.3 is 5.63 Å². The molecule has 0 aliphatic carbocycles. The number of rotatable bonds is 6. The summed E-state index contributed by atoms with van der Waals surface area (Å²) < 4.78 is 5.68. The first-order valence-electron chi connectivity index (χ1n) is 12.5. The number of nitrogens with zero attached hydrogens (tertiary/aromatic N) is 2. The minimum atomic E-state index is -0.360. The van der Waals surface area contributed by atoms with Crippen LogP contribution < -0.4 is 15.8 Å². The Balaban J connectivity index is 0.000000751. The lowest BCUT2D eigenvalue weighted by Gasteiger charge is -2.36. The number of hydrogen-bond donors (Lipinski definition) is 1. The van der Waals surface area contributed by atoms with Crippen LogP contribution in [0.25, 0.3) is 16.5 Å². The van der Waals surface area contributed by atoms with Crippen molar-refractivity contribution in [3.05, 3.63) is 82.5 Å². The van der Waals surface area contributed by atoms with E-state index in [0.29, 0.717) is 16.7 Å². The molecule has 0 bridgehead atoms. The molecule has 182 valence electrons. The molecule has 1 N–H and O–H groups in total. The van der Waals surface area contributed by atoms with Crippen LogP contribution in [-0.4, -0.2) is 37.6 Å². The Morgan fingerprint density at radius 2 is 1.82 bits per heavy atom. The molecule has 0 spiro atoms. The molecule has 2 aliphatic rings. The maximum atomic E-state index is 12.7. The highest BCUT2D eigenvalue weighted by Gasteiger charge is 2.17. The number of dihydropyridines is 1. The van der Waals surface area contributed by atoms with Crippen LogP contribution in [0.4, 0.5) is 5.69 Å². The van der Waals surface area contributed by atoms with Crippen LogP contribution in [0.3, 0.4) is 0 Å². The summed E-state index contributed by atoms with van der Waals surface area (Å²) >= 11 is 0. The Morgan fingerprint density at radius 3 is 2.47 bits per heavy atom. The number of fused-ring (bicyclic) bond motifs is 1. The molecule has 2 aromatic rings. The minimum Gasteiger partial charge on any atom is -0.422 e. The van der Waals surface area contributed by atoms with Crippen molar-refractivity contribution in [1.82, 2.24) is 10.2 Å². The Hall–Kier alpha value is -3.05. The summed E-state index contributed by atoms with van der Waals surface area (Å²) in [5.41, 5.74) is 4.52. The van der Waals surface area contributed by atoms with Crippen molar-refractivity contribution < 1.29 is 4.42 Å². The molecule has 2 aliphatic heterocycles. The lowest BCUT2D eigenvalue weighted by molar-refractivity contribution is 0.258. The van der Waals surface area contributed by atoms with Gasteiger partial charge in [0.2, 0.25) is 0 Å². The van der Waals surface area contributed by atoms with Gasteiger partial charge in [0.15, 0.2) is 0 Å². The minimum absolute atomic E-state index is 0.360. The van der Waals surface area contributed by atoms with Crippen LogP contribution in [-0.2, 0) is 0 Å². The van der Waals surface area contributed by atoms with Gasteiger partial charge in [-0.1, -0.05) is 40.2 Å². The fraction of sp³-hybridized carbons (Fsp3) is 0.414. The summed E-state index contributed by atoms with van der Waals surface area (Å²) in [7, 11) is 0. The van der Waals surface area contributed by atoms with Crippen molar-refractivity contribution in [2.24, 2.45) is 0 Å². The molecular formula is C29H39N3O2. The Bertz CT molecular complexity index is 1130. The molecule has 0 amide bonds. The lowest BCUT2D eigenvalue weighted by atomic mass is 10.0. The van der Waals surface area contributed by atoms with E-state index in [4.69, 9.17) is 4.42 Å². The number of allylic oxidation sites excluding steroid dienone is 5. The molecule has 3 heterocycles. The Morgan fingerprint density at radius 1 is 1.09 bits per heavy atom. The molecule has 34 heavy (non-hydrogen) atoms. The molecule has 1 aromatic heterocycles. The van der Waals surface area contributed by atoms with Gasteiger partial charge in [-0.2, -0.15) is 0 Å². The van der Waals surface area contributed by atoms with Gasteiger partial charge in [0.1, 0.15) is 5.58 Å². The van der Waals surface area contributed by atoms with E-state index in [2.05, 4.69) is 48.5 Å². The molecule has 1 aromatic carbocycles. The first kappa shape index (κ1) is 25.6. The Labute approximate surface area is 204 Å². The zero-order chi connectivity index (χ0) is 24.5. The SMILES string of the molecule is C=C(/C=C1/C=C(C)C=CN1)c1cc2ccc(N3CCN(CCC)CC3)cc2oc1=O.CCCC. The molecular weight excluding hydrogens is 422 g/mol. The topological polar surface area (TPSA) is 48.7 Å². The summed E-state index contributed by atoms with van der Waals surface area (Å²) in [5, 5.41) is 4.07. The highest BCUT2D eigenvalue weighted by atomic mass is 16.4. The zero-order valence-corrected chi connectivity index (χ0v) is 21.2. The van der Waals surface area contributed by atoms with E-state index >= 15 is 0 Å². The summed E-state index contributed by atoms with van der Waals surface area (Å²) in [6, 6.07) is 8.00. The van der Waals surface area contributed by atoms with Gasteiger partial charge in [-0.3, -0.25) is 4.90 Å². The van der Waals surface area contributed by atoms with Gasteiger partial charge in [-0.25, -0.2) is 4.79 Å². The predicted molar refractivity (Wildman–Crippen MR) is 145 cm³/mol. The lowest BCUT2D eigenvalue weighted by Crippen LogP contribution is -2.46. The molecule has 0 radical (unpaired) electrons. The van der Waals surface area contributed by atoms with Crippen molar-refractivity contribution in [3.63, 3.8) is 0 Å². The van der Waals surface area contributed by atoms with Crippen LogP contribution in [0.5, 0.6) is 0 Å². The first-order valence-corrected chi connectivity index (χ1v) is 12.5. The molecule has 0 unspecified atom stereocenters. The van der Waals surface area contributed by atoms with Crippen molar-refractivity contribution in [1.29, 1.82) is 0 Å². The van der Waals surface area contributed by atoms with Gasteiger partial charge in [0.25, 0.3) is 0 Å². The van der Waals surface area contributed by atoms with E-state index < -0.39 is 0 Å². The predicted octanol–water partition coefficient (Wildman–Crippen LogP) is 6.09. The third-order valence-corrected chi connectivity index (χ3v) is 6.15. The molecule has 4 rings (SSSR count). The molecule has 0 saturated carbocycles. The van der Waals surface area contributed by atoms with E-state index in [1.54, 1.807) is 0 Å². The first-order chi connectivity index (χ1) is 16.4. The van der Waals surface area contributed by atoms with Crippen LogP contribution in [0, 0.1) is 0 Å². The highest BCUT2D eigenvalue weighted by Crippen LogP contribution is 2.25. The summed E-state index contributed by atoms with van der Waals surface area (Å²) in [4.78, 5) is 17.5. The third kappa shape index (κ3) is 6.73. The highest BCUT2D eigenvalue weighted by molar-refractivity contribution is 5.85. The van der Waals surface area contributed by atoms with E-state index in [0.717, 1.165) is 55.1 Å². The number of nitrogens with one attached hydrogen (secondary N) is 1. The maximum absolute atomic E-state index is 12.7. The molecule has 5 nitrogen and oxygen atoms in total. The second kappa shape index (κ2) is 12.4. The van der Waals surface area contributed by atoms with Gasteiger partial charge in [0.05, 0.1) is 5.56 Å². The van der Waals surface area contributed by atoms with Crippen LogP contribution in [0.1, 0.15) is 52.5 Å². The molecule has 0 atom stereocenters. The number of benzene rings is 1.